The van der Waals surface area contributed by atoms with Crippen LogP contribution in [0.2, 0.25) is 0 Å². The molecule has 6 heteroatoms. The molecular weight excluding hydrogens is 314 g/mol. The maximum absolute atomic E-state index is 5.23. The summed E-state index contributed by atoms with van der Waals surface area (Å²) in [5.74, 6) is 0.898. The van der Waals surface area contributed by atoms with E-state index in [0.29, 0.717) is 0 Å². The van der Waals surface area contributed by atoms with Crippen molar-refractivity contribution >= 4 is 11.4 Å². The predicted octanol–water partition coefficient (Wildman–Crippen LogP) is 2.60. The van der Waals surface area contributed by atoms with E-state index in [1.165, 1.54) is 11.4 Å². The zero-order valence-corrected chi connectivity index (χ0v) is 14.2. The van der Waals surface area contributed by atoms with Gasteiger partial charge in [0.05, 0.1) is 12.8 Å². The van der Waals surface area contributed by atoms with E-state index in [1.54, 1.807) is 24.4 Å². The van der Waals surface area contributed by atoms with Crippen LogP contribution in [0, 0.1) is 0 Å². The molecule has 1 saturated heterocycles. The van der Waals surface area contributed by atoms with Crippen molar-refractivity contribution in [1.82, 2.24) is 14.8 Å². The van der Waals surface area contributed by atoms with Gasteiger partial charge < -0.3 is 14.5 Å². The molecule has 1 aromatic heterocycles. The number of piperazine rings is 1. The SMILES string of the molecule is COc1ccc(N2CCN(c3ccc(-n4cncn4)cc3)CC2)cc1. The summed E-state index contributed by atoms with van der Waals surface area (Å²) in [7, 11) is 1.70. The van der Waals surface area contributed by atoms with E-state index in [1.807, 2.05) is 12.1 Å². The number of hydrogen-bond acceptors (Lipinski definition) is 5. The number of benzene rings is 2. The number of methoxy groups -OCH3 is 1. The Balaban J connectivity index is 1.39. The van der Waals surface area contributed by atoms with E-state index in [4.69, 9.17) is 4.74 Å². The van der Waals surface area contributed by atoms with Crippen molar-refractivity contribution in [3.05, 3.63) is 61.2 Å². The summed E-state index contributed by atoms with van der Waals surface area (Å²) in [4.78, 5) is 8.83. The molecule has 3 aromatic rings. The molecule has 1 aliphatic heterocycles. The van der Waals surface area contributed by atoms with Crippen LogP contribution in [0.4, 0.5) is 11.4 Å². The van der Waals surface area contributed by atoms with Crippen LogP contribution in [0.15, 0.2) is 61.2 Å². The first-order chi connectivity index (χ1) is 12.3. The van der Waals surface area contributed by atoms with Crippen LogP contribution >= 0.6 is 0 Å². The minimum atomic E-state index is 0.898. The van der Waals surface area contributed by atoms with Gasteiger partial charge >= 0.3 is 0 Å². The Morgan fingerprint density at radius 3 is 1.76 bits per heavy atom. The summed E-state index contributed by atoms with van der Waals surface area (Å²) in [5.41, 5.74) is 3.53. The quantitative estimate of drug-likeness (QED) is 0.733. The molecule has 0 atom stereocenters. The highest BCUT2D eigenvalue weighted by molar-refractivity contribution is 5.54. The van der Waals surface area contributed by atoms with E-state index in [-0.39, 0.29) is 0 Å². The number of ether oxygens (including phenoxy) is 1. The third kappa shape index (κ3) is 3.28. The van der Waals surface area contributed by atoms with Gasteiger partial charge in [-0.3, -0.25) is 0 Å². The molecule has 0 bridgehead atoms. The fourth-order valence-electron chi connectivity index (χ4n) is 3.17. The molecule has 0 N–H and O–H groups in total. The van der Waals surface area contributed by atoms with Gasteiger partial charge in [0.15, 0.2) is 0 Å². The van der Waals surface area contributed by atoms with Gasteiger partial charge in [0.1, 0.15) is 18.4 Å². The second kappa shape index (κ2) is 6.84. The first-order valence-corrected chi connectivity index (χ1v) is 8.42. The minimum Gasteiger partial charge on any atom is -0.497 e. The summed E-state index contributed by atoms with van der Waals surface area (Å²) in [6.07, 6.45) is 3.26. The van der Waals surface area contributed by atoms with Crippen LogP contribution in [0.5, 0.6) is 5.75 Å². The molecule has 0 aliphatic carbocycles. The molecule has 0 unspecified atom stereocenters. The van der Waals surface area contributed by atoms with Crippen LogP contribution in [0.3, 0.4) is 0 Å². The van der Waals surface area contributed by atoms with Crippen molar-refractivity contribution in [3.63, 3.8) is 0 Å². The van der Waals surface area contributed by atoms with Crippen LogP contribution in [0.1, 0.15) is 0 Å². The molecule has 4 rings (SSSR count). The molecule has 0 saturated carbocycles. The maximum Gasteiger partial charge on any atom is 0.138 e. The average molecular weight is 335 g/mol. The molecule has 0 radical (unpaired) electrons. The van der Waals surface area contributed by atoms with Gasteiger partial charge in [-0.25, -0.2) is 9.67 Å². The lowest BCUT2D eigenvalue weighted by molar-refractivity contribution is 0.415. The van der Waals surface area contributed by atoms with Crippen molar-refractivity contribution in [3.8, 4) is 11.4 Å². The predicted molar refractivity (Wildman–Crippen MR) is 98.8 cm³/mol. The highest BCUT2D eigenvalue weighted by Gasteiger charge is 2.17. The Hall–Kier alpha value is -3.02. The lowest BCUT2D eigenvalue weighted by Crippen LogP contribution is -2.46. The Morgan fingerprint density at radius 1 is 0.760 bits per heavy atom. The van der Waals surface area contributed by atoms with Crippen molar-refractivity contribution in [1.29, 1.82) is 0 Å². The highest BCUT2D eigenvalue weighted by atomic mass is 16.5. The summed E-state index contributed by atoms with van der Waals surface area (Å²) < 4.78 is 7.00. The van der Waals surface area contributed by atoms with E-state index in [0.717, 1.165) is 37.6 Å². The summed E-state index contributed by atoms with van der Waals surface area (Å²) in [6, 6.07) is 16.8. The molecule has 6 nitrogen and oxygen atoms in total. The maximum atomic E-state index is 5.23. The topological polar surface area (TPSA) is 46.4 Å². The molecule has 0 spiro atoms. The first-order valence-electron chi connectivity index (χ1n) is 8.42. The Bertz CT molecular complexity index is 791. The summed E-state index contributed by atoms with van der Waals surface area (Å²) in [5, 5.41) is 4.16. The molecule has 0 amide bonds. The lowest BCUT2D eigenvalue weighted by Gasteiger charge is -2.37. The lowest BCUT2D eigenvalue weighted by atomic mass is 10.2. The zero-order chi connectivity index (χ0) is 17.1. The average Bonchev–Trinajstić information content (AvgIpc) is 3.23. The number of aromatic nitrogens is 3. The first kappa shape index (κ1) is 15.5. The van der Waals surface area contributed by atoms with E-state index < -0.39 is 0 Å². The van der Waals surface area contributed by atoms with Crippen LogP contribution in [-0.4, -0.2) is 48.1 Å². The largest absolute Gasteiger partial charge is 0.497 e. The monoisotopic (exact) mass is 335 g/mol. The number of hydrogen-bond donors (Lipinski definition) is 0. The third-order valence-electron chi connectivity index (χ3n) is 4.62. The molecule has 128 valence electrons. The second-order valence-corrected chi connectivity index (χ2v) is 6.03. The molecule has 25 heavy (non-hydrogen) atoms. The van der Waals surface area contributed by atoms with Gasteiger partial charge in [-0.2, -0.15) is 5.10 Å². The van der Waals surface area contributed by atoms with Gasteiger partial charge in [0, 0.05) is 37.6 Å². The van der Waals surface area contributed by atoms with Crippen molar-refractivity contribution in [2.24, 2.45) is 0 Å². The number of rotatable bonds is 4. The molecule has 1 aliphatic rings. The summed E-state index contributed by atoms with van der Waals surface area (Å²) >= 11 is 0. The number of nitrogens with zero attached hydrogens (tertiary/aromatic N) is 5. The molecule has 1 fully saturated rings. The van der Waals surface area contributed by atoms with Crippen LogP contribution in [0.25, 0.3) is 5.69 Å². The Morgan fingerprint density at radius 2 is 1.28 bits per heavy atom. The van der Waals surface area contributed by atoms with Gasteiger partial charge in [-0.15, -0.1) is 0 Å². The van der Waals surface area contributed by atoms with E-state index in [9.17, 15) is 0 Å². The Kier molecular flexibility index (Phi) is 4.24. The van der Waals surface area contributed by atoms with Crippen LogP contribution in [-0.2, 0) is 0 Å². The van der Waals surface area contributed by atoms with Gasteiger partial charge in [-0.1, -0.05) is 0 Å². The standard InChI is InChI=1S/C19H21N5O/c1-25-19-8-6-17(7-9-19)23-12-10-22(11-13-23)16-2-4-18(5-3-16)24-15-20-14-21-24/h2-9,14-15H,10-13H2,1H3. The van der Waals surface area contributed by atoms with Crippen molar-refractivity contribution in [2.75, 3.05) is 43.1 Å². The smallest absolute Gasteiger partial charge is 0.138 e. The molecular formula is C19H21N5O. The minimum absolute atomic E-state index is 0.898. The molecule has 2 heterocycles. The van der Waals surface area contributed by atoms with Gasteiger partial charge in [0.25, 0.3) is 0 Å². The summed E-state index contributed by atoms with van der Waals surface area (Å²) in [6.45, 7) is 4.04. The van der Waals surface area contributed by atoms with E-state index in [2.05, 4.69) is 56.3 Å². The van der Waals surface area contributed by atoms with Crippen LogP contribution < -0.4 is 14.5 Å². The van der Waals surface area contributed by atoms with Gasteiger partial charge in [0.2, 0.25) is 0 Å². The highest BCUT2D eigenvalue weighted by Crippen LogP contribution is 2.23. The van der Waals surface area contributed by atoms with E-state index >= 15 is 0 Å². The number of anilines is 2. The normalized spacial score (nSPS) is 14.6. The molecule has 2 aromatic carbocycles. The second-order valence-electron chi connectivity index (χ2n) is 6.03. The Labute approximate surface area is 147 Å². The fourth-order valence-corrected chi connectivity index (χ4v) is 3.17. The fraction of sp³-hybridized carbons (Fsp3) is 0.263. The zero-order valence-electron chi connectivity index (χ0n) is 14.2. The third-order valence-corrected chi connectivity index (χ3v) is 4.62. The van der Waals surface area contributed by atoms with Crippen molar-refractivity contribution in [2.45, 2.75) is 0 Å². The van der Waals surface area contributed by atoms with Crippen molar-refractivity contribution < 1.29 is 4.74 Å². The van der Waals surface area contributed by atoms with Gasteiger partial charge in [-0.05, 0) is 48.5 Å².